The van der Waals surface area contributed by atoms with E-state index in [-0.39, 0.29) is 12.3 Å². The van der Waals surface area contributed by atoms with Gasteiger partial charge in [0, 0.05) is 16.7 Å². The molecule has 0 radical (unpaired) electrons. The fourth-order valence-electron chi connectivity index (χ4n) is 4.83. The molecule has 2 amide bonds. The molecule has 0 aromatic heterocycles. The highest BCUT2D eigenvalue weighted by Crippen LogP contribution is 2.29. The first kappa shape index (κ1) is 26.7. The molecule has 7 heteroatoms. The SMILES string of the molecule is Cc1ccccc1C(=O)CN1C(=O)[C@H](NC(=O)[C@@H](N)Cc2ccccc2)N=C(c2ccccc2)c2ccccc21. The van der Waals surface area contributed by atoms with E-state index < -0.39 is 24.0 Å². The number of benzodiazepines with no additional fused rings is 1. The summed E-state index contributed by atoms with van der Waals surface area (Å²) in [4.78, 5) is 46.9. The third kappa shape index (κ3) is 5.75. The minimum Gasteiger partial charge on any atom is -0.325 e. The van der Waals surface area contributed by atoms with Gasteiger partial charge in [-0.15, -0.1) is 0 Å². The molecule has 0 spiro atoms. The molecule has 200 valence electrons. The van der Waals surface area contributed by atoms with E-state index in [0.29, 0.717) is 28.9 Å². The van der Waals surface area contributed by atoms with Crippen molar-refractivity contribution >= 4 is 29.0 Å². The van der Waals surface area contributed by atoms with Gasteiger partial charge in [0.15, 0.2) is 5.78 Å². The first-order valence-electron chi connectivity index (χ1n) is 13.1. The first-order chi connectivity index (χ1) is 19.4. The summed E-state index contributed by atoms with van der Waals surface area (Å²) in [6.07, 6.45) is -0.972. The largest absolute Gasteiger partial charge is 0.325 e. The van der Waals surface area contributed by atoms with Crippen LogP contribution < -0.4 is 16.0 Å². The highest BCUT2D eigenvalue weighted by molar-refractivity contribution is 6.21. The van der Waals surface area contributed by atoms with Crippen molar-refractivity contribution in [1.82, 2.24) is 5.32 Å². The Bertz CT molecular complexity index is 1570. The molecule has 4 aromatic carbocycles. The molecule has 4 aromatic rings. The van der Waals surface area contributed by atoms with Gasteiger partial charge in [-0.1, -0.05) is 103 Å². The van der Waals surface area contributed by atoms with E-state index in [4.69, 9.17) is 10.7 Å². The van der Waals surface area contributed by atoms with E-state index in [2.05, 4.69) is 5.32 Å². The fourth-order valence-corrected chi connectivity index (χ4v) is 4.83. The van der Waals surface area contributed by atoms with Gasteiger partial charge >= 0.3 is 0 Å². The molecule has 2 atom stereocenters. The van der Waals surface area contributed by atoms with Crippen LogP contribution in [0, 0.1) is 6.92 Å². The fraction of sp³-hybridized carbons (Fsp3) is 0.152. The Hall–Kier alpha value is -4.88. The second-order valence-corrected chi connectivity index (χ2v) is 9.73. The first-order valence-corrected chi connectivity index (χ1v) is 13.1. The lowest BCUT2D eigenvalue weighted by Crippen LogP contribution is -2.53. The Morgan fingerprint density at radius 2 is 1.50 bits per heavy atom. The number of rotatable bonds is 8. The van der Waals surface area contributed by atoms with Crippen LogP contribution >= 0.6 is 0 Å². The number of para-hydroxylation sites is 1. The molecule has 0 bridgehead atoms. The summed E-state index contributed by atoms with van der Waals surface area (Å²) >= 11 is 0. The Morgan fingerprint density at radius 1 is 0.875 bits per heavy atom. The van der Waals surface area contributed by atoms with Gasteiger partial charge in [0.25, 0.3) is 5.91 Å². The van der Waals surface area contributed by atoms with Gasteiger partial charge in [-0.2, -0.15) is 0 Å². The van der Waals surface area contributed by atoms with Crippen LogP contribution in [0.1, 0.15) is 32.6 Å². The third-order valence-corrected chi connectivity index (χ3v) is 6.92. The topological polar surface area (TPSA) is 105 Å². The number of ketones is 1. The van der Waals surface area contributed by atoms with Crippen LogP contribution in [0.5, 0.6) is 0 Å². The minimum absolute atomic E-state index is 0.208. The average molecular weight is 531 g/mol. The molecule has 3 N–H and O–H groups in total. The van der Waals surface area contributed by atoms with Crippen LogP contribution in [0.25, 0.3) is 0 Å². The zero-order valence-electron chi connectivity index (χ0n) is 22.2. The molecule has 5 rings (SSSR count). The molecule has 0 saturated heterocycles. The molecular weight excluding hydrogens is 500 g/mol. The number of benzene rings is 4. The number of nitrogens with zero attached hydrogens (tertiary/aromatic N) is 2. The predicted octanol–water partition coefficient (Wildman–Crippen LogP) is 4.07. The summed E-state index contributed by atoms with van der Waals surface area (Å²) in [5.74, 6) is -1.23. The lowest BCUT2D eigenvalue weighted by Gasteiger charge is -2.25. The lowest BCUT2D eigenvalue weighted by atomic mass is 9.99. The van der Waals surface area contributed by atoms with Crippen LogP contribution in [0.2, 0.25) is 0 Å². The van der Waals surface area contributed by atoms with E-state index in [1.807, 2.05) is 97.9 Å². The summed E-state index contributed by atoms with van der Waals surface area (Å²) in [6, 6.07) is 32.6. The number of amides is 2. The molecule has 1 aliphatic rings. The maximum Gasteiger partial charge on any atom is 0.272 e. The highest BCUT2D eigenvalue weighted by Gasteiger charge is 2.35. The normalized spacial score (nSPS) is 15.4. The number of Topliss-reactive ketones (excluding diaryl/α,β-unsaturated/α-hetero) is 1. The maximum absolute atomic E-state index is 14.1. The molecular formula is C33H30N4O3. The molecule has 40 heavy (non-hydrogen) atoms. The number of anilines is 1. The Balaban J connectivity index is 1.52. The van der Waals surface area contributed by atoms with Gasteiger partial charge in [0.1, 0.15) is 0 Å². The van der Waals surface area contributed by atoms with Gasteiger partial charge in [-0.05, 0) is 30.5 Å². The number of carbonyl (C=O) groups excluding carboxylic acids is 3. The van der Waals surface area contributed by atoms with Crippen molar-refractivity contribution in [3.63, 3.8) is 0 Å². The van der Waals surface area contributed by atoms with Crippen LogP contribution in [-0.4, -0.2) is 42.1 Å². The van der Waals surface area contributed by atoms with E-state index in [1.54, 1.807) is 18.2 Å². The number of aliphatic imine (C=N–C) groups is 1. The zero-order valence-corrected chi connectivity index (χ0v) is 22.2. The van der Waals surface area contributed by atoms with Crippen LogP contribution in [-0.2, 0) is 16.0 Å². The van der Waals surface area contributed by atoms with Crippen molar-refractivity contribution in [3.05, 3.63) is 137 Å². The van der Waals surface area contributed by atoms with E-state index in [1.165, 1.54) is 4.90 Å². The smallest absolute Gasteiger partial charge is 0.272 e. The van der Waals surface area contributed by atoms with E-state index in [9.17, 15) is 14.4 Å². The number of nitrogens with two attached hydrogens (primary N) is 1. The number of aryl methyl sites for hydroxylation is 1. The molecule has 0 fully saturated rings. The summed E-state index contributed by atoms with van der Waals surface area (Å²) in [5, 5.41) is 2.76. The molecule has 1 heterocycles. The number of hydrogen-bond donors (Lipinski definition) is 2. The Morgan fingerprint density at radius 3 is 2.23 bits per heavy atom. The van der Waals surface area contributed by atoms with Crippen molar-refractivity contribution in [2.45, 2.75) is 25.6 Å². The minimum atomic E-state index is -1.28. The number of nitrogens with one attached hydrogen (secondary N) is 1. The van der Waals surface area contributed by atoms with Crippen molar-refractivity contribution in [2.24, 2.45) is 10.7 Å². The van der Waals surface area contributed by atoms with Crippen molar-refractivity contribution in [2.75, 3.05) is 11.4 Å². The van der Waals surface area contributed by atoms with Crippen LogP contribution in [0.15, 0.2) is 114 Å². The van der Waals surface area contributed by atoms with Gasteiger partial charge in [0.05, 0.1) is 24.0 Å². The van der Waals surface area contributed by atoms with Gasteiger partial charge in [0.2, 0.25) is 12.1 Å². The maximum atomic E-state index is 14.1. The Kier molecular flexibility index (Phi) is 7.94. The third-order valence-electron chi connectivity index (χ3n) is 6.92. The second kappa shape index (κ2) is 11.9. The average Bonchev–Trinajstić information content (AvgIpc) is 3.09. The standard InChI is InChI=1S/C33H30N4O3/c1-22-12-8-9-17-25(22)29(38)21-37-28-19-11-10-18-26(28)30(24-15-6-3-7-16-24)35-31(33(37)40)36-32(39)27(34)20-23-13-4-2-5-14-23/h2-19,27,31H,20-21,34H2,1H3,(H,36,39)/t27-,31-/m0/s1. The zero-order chi connectivity index (χ0) is 28.1. The second-order valence-electron chi connectivity index (χ2n) is 9.73. The summed E-state index contributed by atoms with van der Waals surface area (Å²) in [7, 11) is 0. The van der Waals surface area contributed by atoms with Gasteiger partial charge in [-0.25, -0.2) is 4.99 Å². The molecule has 1 aliphatic heterocycles. The highest BCUT2D eigenvalue weighted by atomic mass is 16.2. The molecule has 0 aliphatic carbocycles. The van der Waals surface area contributed by atoms with Crippen molar-refractivity contribution in [3.8, 4) is 0 Å². The quantitative estimate of drug-likeness (QED) is 0.335. The van der Waals surface area contributed by atoms with E-state index >= 15 is 0 Å². The Labute approximate surface area is 233 Å². The number of fused-ring (bicyclic) bond motifs is 1. The van der Waals surface area contributed by atoms with Crippen LogP contribution in [0.3, 0.4) is 0 Å². The molecule has 0 saturated carbocycles. The monoisotopic (exact) mass is 530 g/mol. The molecule has 7 nitrogen and oxygen atoms in total. The lowest BCUT2D eigenvalue weighted by molar-refractivity contribution is -0.128. The van der Waals surface area contributed by atoms with Crippen molar-refractivity contribution in [1.29, 1.82) is 0 Å². The van der Waals surface area contributed by atoms with Gasteiger partial charge in [-0.3, -0.25) is 14.4 Å². The number of carbonyl (C=O) groups is 3. The number of hydrogen-bond acceptors (Lipinski definition) is 5. The summed E-state index contributed by atoms with van der Waals surface area (Å²) in [6.45, 7) is 1.65. The van der Waals surface area contributed by atoms with Gasteiger partial charge < -0.3 is 16.0 Å². The predicted molar refractivity (Wildman–Crippen MR) is 156 cm³/mol. The van der Waals surface area contributed by atoms with Crippen molar-refractivity contribution < 1.29 is 14.4 Å². The summed E-state index contributed by atoms with van der Waals surface area (Å²) < 4.78 is 0. The molecule has 0 unspecified atom stereocenters. The summed E-state index contributed by atoms with van der Waals surface area (Å²) in [5.41, 5.74) is 11.1. The van der Waals surface area contributed by atoms with E-state index in [0.717, 1.165) is 16.7 Å². The van der Waals surface area contributed by atoms with Crippen LogP contribution in [0.4, 0.5) is 5.69 Å².